The van der Waals surface area contributed by atoms with E-state index in [2.05, 4.69) is 0 Å². The number of ketones is 1. The Morgan fingerprint density at radius 3 is 2.17 bits per heavy atom. The lowest BCUT2D eigenvalue weighted by atomic mass is 9.62. The van der Waals surface area contributed by atoms with Gasteiger partial charge in [-0.3, -0.25) is 14.4 Å². The van der Waals surface area contributed by atoms with Crippen molar-refractivity contribution < 1.29 is 23.9 Å². The van der Waals surface area contributed by atoms with E-state index in [1.165, 1.54) is 13.8 Å². The number of ether oxygens (including phenoxy) is 2. The Balaban J connectivity index is 2.55. The molecule has 5 heteroatoms. The van der Waals surface area contributed by atoms with Crippen molar-refractivity contribution >= 4 is 17.7 Å². The number of carbonyl (C=O) groups excluding carboxylic acids is 3. The molecule has 0 aromatic heterocycles. The summed E-state index contributed by atoms with van der Waals surface area (Å²) in [5.41, 5.74) is 2.60. The number of Topliss-reactive ketones (excluding diaryl/α,β-unsaturated/α-hetero) is 1. The molecule has 0 N–H and O–H groups in total. The van der Waals surface area contributed by atoms with Gasteiger partial charge in [0.05, 0.1) is 0 Å². The molecule has 2 aliphatic rings. The highest BCUT2D eigenvalue weighted by atomic mass is 16.6. The smallest absolute Gasteiger partial charge is 0.303 e. The van der Waals surface area contributed by atoms with Crippen molar-refractivity contribution in [3.05, 3.63) is 22.8 Å². The van der Waals surface area contributed by atoms with Gasteiger partial charge in [-0.1, -0.05) is 18.6 Å². The number of fused-ring (bicyclic) bond motifs is 1. The lowest BCUT2D eigenvalue weighted by molar-refractivity contribution is -0.172. The largest absolute Gasteiger partial charge is 0.458 e. The minimum atomic E-state index is -0.596. The molecule has 2 rings (SSSR count). The Labute approximate surface area is 143 Å². The molecular weight excluding hydrogens is 308 g/mol. The molecule has 0 amide bonds. The second-order valence-electron chi connectivity index (χ2n) is 7.14. The molecule has 0 heterocycles. The highest BCUT2D eigenvalue weighted by Gasteiger charge is 2.50. The topological polar surface area (TPSA) is 69.7 Å². The molecule has 0 aromatic rings. The number of carbonyl (C=O) groups is 3. The van der Waals surface area contributed by atoms with E-state index in [0.29, 0.717) is 6.42 Å². The van der Waals surface area contributed by atoms with E-state index in [4.69, 9.17) is 9.47 Å². The van der Waals surface area contributed by atoms with Crippen LogP contribution in [-0.2, 0) is 23.9 Å². The Morgan fingerprint density at radius 1 is 1.08 bits per heavy atom. The van der Waals surface area contributed by atoms with Crippen molar-refractivity contribution in [3.63, 3.8) is 0 Å². The number of hydrogen-bond donors (Lipinski definition) is 0. The molecule has 1 saturated carbocycles. The zero-order chi connectivity index (χ0) is 18.2. The van der Waals surface area contributed by atoms with Crippen LogP contribution in [0.3, 0.4) is 0 Å². The Kier molecular flexibility index (Phi) is 5.31. The van der Waals surface area contributed by atoms with Crippen molar-refractivity contribution in [3.8, 4) is 0 Å². The maximum absolute atomic E-state index is 12.5. The third-order valence-corrected chi connectivity index (χ3v) is 4.92. The normalized spacial score (nSPS) is 32.6. The van der Waals surface area contributed by atoms with Crippen LogP contribution < -0.4 is 0 Å². The molecule has 0 spiro atoms. The Hall–Kier alpha value is -1.91. The van der Waals surface area contributed by atoms with Gasteiger partial charge in [-0.25, -0.2) is 0 Å². The Morgan fingerprint density at radius 2 is 1.67 bits per heavy atom. The molecule has 0 aliphatic heterocycles. The van der Waals surface area contributed by atoms with E-state index in [1.807, 2.05) is 33.8 Å². The zero-order valence-corrected chi connectivity index (χ0v) is 15.2. The first kappa shape index (κ1) is 18.4. The summed E-state index contributed by atoms with van der Waals surface area (Å²) >= 11 is 0. The minimum absolute atomic E-state index is 0.0392. The SMILES string of the molecule is CC(=O)OC1C(C)=CC2C(=C(C)C)C(=O)CC(C)C2C1OC(C)=O. The maximum Gasteiger partial charge on any atom is 0.303 e. The van der Waals surface area contributed by atoms with Gasteiger partial charge in [0.2, 0.25) is 0 Å². The number of rotatable bonds is 2. The summed E-state index contributed by atoms with van der Waals surface area (Å²) in [6, 6.07) is 0. The van der Waals surface area contributed by atoms with Gasteiger partial charge in [0.1, 0.15) is 6.10 Å². The van der Waals surface area contributed by atoms with E-state index < -0.39 is 24.1 Å². The number of hydrogen-bond acceptors (Lipinski definition) is 5. The molecule has 24 heavy (non-hydrogen) atoms. The molecule has 2 aliphatic carbocycles. The molecular formula is C19H26O5. The molecule has 0 saturated heterocycles. The van der Waals surface area contributed by atoms with E-state index in [-0.39, 0.29) is 23.5 Å². The summed E-state index contributed by atoms with van der Waals surface area (Å²) in [5.74, 6) is -0.816. The monoisotopic (exact) mass is 334 g/mol. The van der Waals surface area contributed by atoms with E-state index in [1.54, 1.807) is 0 Å². The summed E-state index contributed by atoms with van der Waals surface area (Å²) in [7, 11) is 0. The van der Waals surface area contributed by atoms with Crippen LogP contribution in [0, 0.1) is 17.8 Å². The molecule has 0 aromatic carbocycles. The average molecular weight is 334 g/mol. The highest BCUT2D eigenvalue weighted by Crippen LogP contribution is 2.46. The van der Waals surface area contributed by atoms with Crippen molar-refractivity contribution in [1.82, 2.24) is 0 Å². The zero-order valence-electron chi connectivity index (χ0n) is 15.2. The molecule has 5 nitrogen and oxygen atoms in total. The predicted molar refractivity (Wildman–Crippen MR) is 89.0 cm³/mol. The molecule has 1 fully saturated rings. The first-order valence-corrected chi connectivity index (χ1v) is 8.36. The van der Waals surface area contributed by atoms with Crippen LogP contribution in [0.2, 0.25) is 0 Å². The van der Waals surface area contributed by atoms with Gasteiger partial charge in [0, 0.05) is 37.7 Å². The van der Waals surface area contributed by atoms with Crippen molar-refractivity contribution in [2.24, 2.45) is 17.8 Å². The third-order valence-electron chi connectivity index (χ3n) is 4.92. The second-order valence-corrected chi connectivity index (χ2v) is 7.14. The number of allylic oxidation sites excluding steroid dienone is 3. The first-order valence-electron chi connectivity index (χ1n) is 8.36. The fraction of sp³-hybridized carbons (Fsp3) is 0.632. The Bertz CT molecular complexity index is 624. The standard InChI is InChI=1S/C19H26O5/c1-9(2)16-14-7-11(4)18(23-12(5)20)19(24-13(6)21)17(14)10(3)8-15(16)22/h7,10,14,17-19H,8H2,1-6H3. The summed E-state index contributed by atoms with van der Waals surface area (Å²) in [6.07, 6.45) is 1.26. The van der Waals surface area contributed by atoms with Crippen molar-refractivity contribution in [2.75, 3.05) is 0 Å². The van der Waals surface area contributed by atoms with Crippen LogP contribution in [0.1, 0.15) is 48.0 Å². The fourth-order valence-corrected chi connectivity index (χ4v) is 4.12. The molecule has 5 atom stereocenters. The van der Waals surface area contributed by atoms with Crippen molar-refractivity contribution in [1.29, 1.82) is 0 Å². The summed E-state index contributed by atoms with van der Waals surface area (Å²) in [4.78, 5) is 35.7. The van der Waals surface area contributed by atoms with Crippen LogP contribution in [-0.4, -0.2) is 29.9 Å². The quantitative estimate of drug-likeness (QED) is 0.441. The van der Waals surface area contributed by atoms with Gasteiger partial charge in [0.25, 0.3) is 0 Å². The third kappa shape index (κ3) is 3.45. The minimum Gasteiger partial charge on any atom is -0.458 e. The molecule has 0 bridgehead atoms. The van der Waals surface area contributed by atoms with E-state index >= 15 is 0 Å². The first-order chi connectivity index (χ1) is 11.1. The average Bonchev–Trinajstić information content (AvgIpc) is 2.40. The summed E-state index contributed by atoms with van der Waals surface area (Å²) in [6.45, 7) is 10.4. The van der Waals surface area contributed by atoms with Gasteiger partial charge in [-0.2, -0.15) is 0 Å². The lowest BCUT2D eigenvalue weighted by Crippen LogP contribution is -2.51. The molecule has 132 valence electrons. The van der Waals surface area contributed by atoms with Gasteiger partial charge in [-0.15, -0.1) is 0 Å². The molecule has 0 radical (unpaired) electrons. The second kappa shape index (κ2) is 6.91. The van der Waals surface area contributed by atoms with Crippen LogP contribution >= 0.6 is 0 Å². The lowest BCUT2D eigenvalue weighted by Gasteiger charge is -2.46. The summed E-state index contributed by atoms with van der Waals surface area (Å²) in [5, 5.41) is 0. The maximum atomic E-state index is 12.5. The van der Waals surface area contributed by atoms with E-state index in [0.717, 1.165) is 16.7 Å². The van der Waals surface area contributed by atoms with Crippen LogP contribution in [0.25, 0.3) is 0 Å². The van der Waals surface area contributed by atoms with Gasteiger partial charge in [-0.05, 0) is 32.3 Å². The van der Waals surface area contributed by atoms with E-state index in [9.17, 15) is 14.4 Å². The van der Waals surface area contributed by atoms with Crippen LogP contribution in [0.5, 0.6) is 0 Å². The van der Waals surface area contributed by atoms with Gasteiger partial charge in [0.15, 0.2) is 11.9 Å². The van der Waals surface area contributed by atoms with Crippen LogP contribution in [0.15, 0.2) is 22.8 Å². The van der Waals surface area contributed by atoms with Gasteiger partial charge < -0.3 is 9.47 Å². The summed E-state index contributed by atoms with van der Waals surface area (Å²) < 4.78 is 11.0. The fourth-order valence-electron chi connectivity index (χ4n) is 4.12. The van der Waals surface area contributed by atoms with Crippen LogP contribution in [0.4, 0.5) is 0 Å². The number of esters is 2. The van der Waals surface area contributed by atoms with Gasteiger partial charge >= 0.3 is 11.9 Å². The molecule has 5 unspecified atom stereocenters. The highest BCUT2D eigenvalue weighted by molar-refractivity contribution is 5.98. The predicted octanol–water partition coefficient (Wildman–Crippen LogP) is 2.99. The van der Waals surface area contributed by atoms with Crippen molar-refractivity contribution in [2.45, 2.75) is 60.2 Å².